The Morgan fingerprint density at radius 3 is 0.750 bits per heavy atom. The summed E-state index contributed by atoms with van der Waals surface area (Å²) in [5.74, 6) is 0. The minimum atomic E-state index is -1.21. The van der Waals surface area contributed by atoms with Crippen molar-refractivity contribution in [1.29, 1.82) is 0 Å². The second-order valence-corrected chi connectivity index (χ2v) is 27.8. The molecule has 4 heteroatoms. The molecule has 36 heavy (non-hydrogen) atoms. The van der Waals surface area contributed by atoms with Gasteiger partial charge in [-0.25, -0.2) is 0 Å². The quantitative estimate of drug-likeness (QED) is 0.0940. The van der Waals surface area contributed by atoms with Gasteiger partial charge in [-0.15, -0.1) is 0 Å². The summed E-state index contributed by atoms with van der Waals surface area (Å²) < 4.78 is 0. The Morgan fingerprint density at radius 1 is 0.306 bits per heavy atom. The van der Waals surface area contributed by atoms with Gasteiger partial charge in [0.1, 0.15) is 0 Å². The molecule has 0 aromatic carbocycles. The standard InChI is InChI=1S/C32H76NP3/c1-10-21-34(22-11-2,23-12-3)30-19-33(32-36(27-16-7,28-17-8)29-18-9)20-31-35(24-13-4,25-14-5)26-15-6/h34-36H,10-32H2,1-9H3. The second-order valence-electron chi connectivity index (χ2n) is 13.0. The minimum absolute atomic E-state index is 1.12. The van der Waals surface area contributed by atoms with Crippen LogP contribution in [0.3, 0.4) is 0 Å². The molecule has 0 aromatic heterocycles. The van der Waals surface area contributed by atoms with Gasteiger partial charge in [0.25, 0.3) is 0 Å². The SMILES string of the molecule is CCC[PH](CCC)(CCC)CCN(CC[PH](CCC)(CCC)CCC)C[PH](CCC)(CCC)CCC. The van der Waals surface area contributed by atoms with Crippen LogP contribution in [0.1, 0.15) is 120 Å². The van der Waals surface area contributed by atoms with Crippen LogP contribution in [0, 0.1) is 0 Å². The molecule has 0 heterocycles. The zero-order valence-corrected chi connectivity index (χ0v) is 30.2. The van der Waals surface area contributed by atoms with Gasteiger partial charge in [0.15, 0.2) is 0 Å². The van der Waals surface area contributed by atoms with Crippen molar-refractivity contribution in [2.24, 2.45) is 0 Å². The van der Waals surface area contributed by atoms with Crippen LogP contribution in [-0.4, -0.2) is 92.1 Å². The van der Waals surface area contributed by atoms with Gasteiger partial charge in [-0.3, -0.25) is 0 Å². The molecule has 0 saturated heterocycles. The average molecular weight is 568 g/mol. The monoisotopic (exact) mass is 568 g/mol. The Kier molecular flexibility index (Phi) is 22.8. The van der Waals surface area contributed by atoms with E-state index in [2.05, 4.69) is 67.2 Å². The molecule has 0 aromatic rings. The summed E-state index contributed by atoms with van der Waals surface area (Å²) in [7, 11) is -3.45. The molecule has 0 aliphatic rings. The molecule has 0 amide bonds. The Balaban J connectivity index is 6.03. The van der Waals surface area contributed by atoms with E-state index in [9.17, 15) is 0 Å². The van der Waals surface area contributed by atoms with Crippen LogP contribution < -0.4 is 0 Å². The molecule has 0 spiro atoms. The fourth-order valence-electron chi connectivity index (χ4n) is 8.42. The van der Waals surface area contributed by atoms with Gasteiger partial charge in [0.2, 0.25) is 0 Å². The fraction of sp³-hybridized carbons (Fsp3) is 1.00. The zero-order chi connectivity index (χ0) is 27.3. The van der Waals surface area contributed by atoms with Gasteiger partial charge in [0, 0.05) is 0 Å². The molecule has 1 nitrogen and oxygen atoms in total. The predicted molar refractivity (Wildman–Crippen MR) is 188 cm³/mol. The van der Waals surface area contributed by atoms with E-state index in [4.69, 9.17) is 0 Å². The molecular weight excluding hydrogens is 491 g/mol. The van der Waals surface area contributed by atoms with Gasteiger partial charge >= 0.3 is 234 Å². The third kappa shape index (κ3) is 14.1. The van der Waals surface area contributed by atoms with Gasteiger partial charge in [-0.1, -0.05) is 0 Å². The van der Waals surface area contributed by atoms with Crippen molar-refractivity contribution >= 4 is 21.8 Å². The van der Waals surface area contributed by atoms with Crippen molar-refractivity contribution in [1.82, 2.24) is 4.90 Å². The van der Waals surface area contributed by atoms with E-state index in [0.29, 0.717) is 0 Å². The number of hydrogen-bond acceptors (Lipinski definition) is 1. The second kappa shape index (κ2) is 22.0. The summed E-state index contributed by atoms with van der Waals surface area (Å²) in [6, 6.07) is 0. The first-order valence-electron chi connectivity index (χ1n) is 17.1. The number of nitrogens with zero attached hydrogens (tertiary/aromatic N) is 1. The Hall–Kier alpha value is 1.25. The molecule has 0 bridgehead atoms. The van der Waals surface area contributed by atoms with E-state index in [1.54, 1.807) is 67.8 Å². The number of rotatable bonds is 26. The first-order chi connectivity index (χ1) is 17.3. The van der Waals surface area contributed by atoms with Crippen LogP contribution in [0.25, 0.3) is 0 Å². The van der Waals surface area contributed by atoms with Crippen molar-refractivity contribution in [3.63, 3.8) is 0 Å². The van der Waals surface area contributed by atoms with Crippen LogP contribution >= 0.6 is 21.8 Å². The third-order valence-electron chi connectivity index (χ3n) is 9.50. The van der Waals surface area contributed by atoms with E-state index in [0.717, 1.165) is 0 Å². The molecule has 0 unspecified atom stereocenters. The maximum absolute atomic E-state index is 3.15. The first kappa shape index (κ1) is 37.2. The summed E-state index contributed by atoms with van der Waals surface area (Å²) >= 11 is 0. The topological polar surface area (TPSA) is 3.24 Å². The van der Waals surface area contributed by atoms with E-state index in [1.165, 1.54) is 77.2 Å². The van der Waals surface area contributed by atoms with Crippen LogP contribution in [0.2, 0.25) is 0 Å². The molecule has 0 saturated carbocycles. The molecule has 224 valence electrons. The van der Waals surface area contributed by atoms with Gasteiger partial charge in [-0.2, -0.15) is 0 Å². The zero-order valence-electron chi connectivity index (χ0n) is 27.2. The van der Waals surface area contributed by atoms with E-state index in [-0.39, 0.29) is 0 Å². The molecule has 0 atom stereocenters. The van der Waals surface area contributed by atoms with Crippen molar-refractivity contribution in [2.45, 2.75) is 120 Å². The molecule has 0 rings (SSSR count). The van der Waals surface area contributed by atoms with E-state index in [1.807, 2.05) is 0 Å². The summed E-state index contributed by atoms with van der Waals surface area (Å²) in [5.41, 5.74) is 0. The van der Waals surface area contributed by atoms with E-state index >= 15 is 0 Å². The molecular formula is C32H76NP3. The molecule has 0 radical (unpaired) electrons. The van der Waals surface area contributed by atoms with Crippen LogP contribution in [0.5, 0.6) is 0 Å². The molecule has 0 fully saturated rings. The van der Waals surface area contributed by atoms with Crippen molar-refractivity contribution in [3.8, 4) is 0 Å². The van der Waals surface area contributed by atoms with Gasteiger partial charge < -0.3 is 0 Å². The molecule has 0 aliphatic carbocycles. The fourth-order valence-corrected chi connectivity index (χ4v) is 25.0. The third-order valence-corrected chi connectivity index (χ3v) is 27.2. The van der Waals surface area contributed by atoms with Crippen LogP contribution in [-0.2, 0) is 0 Å². The van der Waals surface area contributed by atoms with Crippen molar-refractivity contribution in [2.75, 3.05) is 87.2 Å². The predicted octanol–water partition coefficient (Wildman–Crippen LogP) is 10.2. The normalized spacial score (nSPS) is 14.5. The average Bonchev–Trinajstić information content (AvgIpc) is 2.82. The van der Waals surface area contributed by atoms with Crippen molar-refractivity contribution in [3.05, 3.63) is 0 Å². The van der Waals surface area contributed by atoms with Gasteiger partial charge in [0.05, 0.1) is 0 Å². The summed E-state index contributed by atoms with van der Waals surface area (Å²) in [6.07, 6.45) is 31.8. The number of hydrogen-bond donors (Lipinski definition) is 0. The Labute approximate surface area is 233 Å². The first-order valence-corrected chi connectivity index (χ1v) is 25.5. The molecule has 0 N–H and O–H groups in total. The maximum atomic E-state index is 3.15. The van der Waals surface area contributed by atoms with Crippen molar-refractivity contribution < 1.29 is 0 Å². The van der Waals surface area contributed by atoms with Gasteiger partial charge in [-0.05, 0) is 0 Å². The summed E-state index contributed by atoms with van der Waals surface area (Å²) in [4.78, 5) is 3.15. The van der Waals surface area contributed by atoms with Crippen LogP contribution in [0.15, 0.2) is 0 Å². The van der Waals surface area contributed by atoms with E-state index < -0.39 is 21.8 Å². The van der Waals surface area contributed by atoms with Crippen LogP contribution in [0.4, 0.5) is 0 Å². The Morgan fingerprint density at radius 2 is 0.528 bits per heavy atom. The Bertz CT molecular complexity index is 415. The molecule has 0 aliphatic heterocycles. The summed E-state index contributed by atoms with van der Waals surface area (Å²) in [6.45, 7) is 25.1. The summed E-state index contributed by atoms with van der Waals surface area (Å²) in [5, 5.41) is 0.